The first kappa shape index (κ1) is 13.4. The zero-order valence-electron chi connectivity index (χ0n) is 10.7. The summed E-state index contributed by atoms with van der Waals surface area (Å²) in [5.41, 5.74) is 5.96. The third-order valence-corrected chi connectivity index (χ3v) is 3.32. The Balaban J connectivity index is 1.80. The predicted octanol–water partition coefficient (Wildman–Crippen LogP) is 0.887. The summed E-state index contributed by atoms with van der Waals surface area (Å²) in [7, 11) is 0. The summed E-state index contributed by atoms with van der Waals surface area (Å²) in [6, 6.07) is 8.89. The number of benzene rings is 1. The molecule has 1 aliphatic heterocycles. The summed E-state index contributed by atoms with van der Waals surface area (Å²) in [4.78, 5) is 13.3. The van der Waals surface area contributed by atoms with Gasteiger partial charge in [0, 0.05) is 6.54 Å². The van der Waals surface area contributed by atoms with Gasteiger partial charge in [0.15, 0.2) is 0 Å². The number of likely N-dealkylation sites (tertiary alicyclic amines) is 1. The summed E-state index contributed by atoms with van der Waals surface area (Å²) < 4.78 is 5.59. The highest BCUT2D eigenvalue weighted by molar-refractivity contribution is 5.80. The monoisotopic (exact) mass is 259 g/mol. The Labute approximate surface area is 112 Å². The van der Waals surface area contributed by atoms with Crippen LogP contribution in [0.4, 0.5) is 0 Å². The Morgan fingerprint density at radius 1 is 1.47 bits per heavy atom. The van der Waals surface area contributed by atoms with Crippen LogP contribution in [0.1, 0.15) is 18.4 Å². The van der Waals surface area contributed by atoms with Crippen molar-refractivity contribution in [3.05, 3.63) is 29.8 Å². The number of amides is 1. The van der Waals surface area contributed by atoms with Gasteiger partial charge >= 0.3 is 0 Å². The van der Waals surface area contributed by atoms with Crippen LogP contribution in [0.15, 0.2) is 24.3 Å². The zero-order valence-corrected chi connectivity index (χ0v) is 10.7. The van der Waals surface area contributed by atoms with Crippen molar-refractivity contribution >= 4 is 5.91 Å². The molecule has 1 atom stereocenters. The van der Waals surface area contributed by atoms with Gasteiger partial charge in [-0.3, -0.25) is 9.69 Å². The molecule has 1 saturated heterocycles. The topological polar surface area (TPSA) is 79.3 Å². The molecule has 1 aliphatic rings. The van der Waals surface area contributed by atoms with Crippen LogP contribution < -0.4 is 10.5 Å². The Hall–Kier alpha value is -2.06. The minimum absolute atomic E-state index is 0.149. The van der Waals surface area contributed by atoms with Gasteiger partial charge in [-0.1, -0.05) is 0 Å². The van der Waals surface area contributed by atoms with Crippen LogP contribution in [0.3, 0.4) is 0 Å². The standard InChI is InChI=1S/C14H17N3O2/c15-10-11-3-5-12(6-4-11)19-9-8-17-7-1-2-13(17)14(16)18/h3-6,13H,1-2,7-9H2,(H2,16,18)/t13-/m0/s1. The van der Waals surface area contributed by atoms with E-state index in [9.17, 15) is 4.79 Å². The molecule has 0 radical (unpaired) electrons. The van der Waals surface area contributed by atoms with Crippen molar-refractivity contribution in [2.24, 2.45) is 5.73 Å². The van der Waals surface area contributed by atoms with E-state index in [1.54, 1.807) is 24.3 Å². The minimum Gasteiger partial charge on any atom is -0.492 e. The second-order valence-corrected chi connectivity index (χ2v) is 4.58. The molecule has 5 nitrogen and oxygen atoms in total. The number of hydrogen-bond acceptors (Lipinski definition) is 4. The van der Waals surface area contributed by atoms with Crippen LogP contribution in [0, 0.1) is 11.3 Å². The molecule has 1 heterocycles. The third kappa shape index (κ3) is 3.46. The molecular formula is C14H17N3O2. The lowest BCUT2D eigenvalue weighted by molar-refractivity contribution is -0.122. The molecule has 1 amide bonds. The summed E-state index contributed by atoms with van der Waals surface area (Å²) in [5.74, 6) is 0.477. The molecule has 1 aromatic carbocycles. The summed E-state index contributed by atoms with van der Waals surface area (Å²) >= 11 is 0. The van der Waals surface area contributed by atoms with Gasteiger partial charge in [0.05, 0.1) is 17.7 Å². The van der Waals surface area contributed by atoms with E-state index in [-0.39, 0.29) is 11.9 Å². The maximum atomic E-state index is 11.2. The van der Waals surface area contributed by atoms with E-state index < -0.39 is 0 Å². The lowest BCUT2D eigenvalue weighted by Crippen LogP contribution is -2.42. The zero-order chi connectivity index (χ0) is 13.7. The number of hydrogen-bond donors (Lipinski definition) is 1. The highest BCUT2D eigenvalue weighted by Crippen LogP contribution is 2.17. The fraction of sp³-hybridized carbons (Fsp3) is 0.429. The van der Waals surface area contributed by atoms with Gasteiger partial charge in [0.2, 0.25) is 5.91 Å². The van der Waals surface area contributed by atoms with E-state index in [0.29, 0.717) is 18.7 Å². The number of carbonyl (C=O) groups is 1. The second-order valence-electron chi connectivity index (χ2n) is 4.58. The fourth-order valence-corrected chi connectivity index (χ4v) is 2.32. The maximum Gasteiger partial charge on any atom is 0.234 e. The molecule has 0 aromatic heterocycles. The quantitative estimate of drug-likeness (QED) is 0.851. The molecule has 0 saturated carbocycles. The first-order chi connectivity index (χ1) is 9.20. The average Bonchev–Trinajstić information content (AvgIpc) is 2.88. The molecule has 5 heteroatoms. The second kappa shape index (κ2) is 6.21. The van der Waals surface area contributed by atoms with E-state index in [2.05, 4.69) is 11.0 Å². The number of carbonyl (C=O) groups excluding carboxylic acids is 1. The molecule has 1 fully saturated rings. The van der Waals surface area contributed by atoms with Crippen LogP contribution >= 0.6 is 0 Å². The van der Waals surface area contributed by atoms with Crippen molar-refractivity contribution < 1.29 is 9.53 Å². The highest BCUT2D eigenvalue weighted by Gasteiger charge is 2.28. The van der Waals surface area contributed by atoms with Crippen molar-refractivity contribution in [2.75, 3.05) is 19.7 Å². The van der Waals surface area contributed by atoms with Gasteiger partial charge < -0.3 is 10.5 Å². The Morgan fingerprint density at radius 3 is 2.84 bits per heavy atom. The smallest absolute Gasteiger partial charge is 0.234 e. The van der Waals surface area contributed by atoms with Crippen LogP contribution in [0.5, 0.6) is 5.75 Å². The molecule has 2 rings (SSSR count). The van der Waals surface area contributed by atoms with Crippen molar-refractivity contribution in [3.63, 3.8) is 0 Å². The van der Waals surface area contributed by atoms with Gasteiger partial charge in [-0.2, -0.15) is 5.26 Å². The van der Waals surface area contributed by atoms with Crippen LogP contribution in [-0.4, -0.2) is 36.5 Å². The largest absolute Gasteiger partial charge is 0.492 e. The summed E-state index contributed by atoms with van der Waals surface area (Å²) in [6.07, 6.45) is 1.84. The molecule has 100 valence electrons. The fourth-order valence-electron chi connectivity index (χ4n) is 2.32. The van der Waals surface area contributed by atoms with Gasteiger partial charge in [-0.25, -0.2) is 0 Å². The molecule has 0 aliphatic carbocycles. The average molecular weight is 259 g/mol. The Morgan fingerprint density at radius 2 is 2.21 bits per heavy atom. The molecule has 19 heavy (non-hydrogen) atoms. The molecule has 1 aromatic rings. The van der Waals surface area contributed by atoms with Crippen molar-refractivity contribution in [3.8, 4) is 11.8 Å². The van der Waals surface area contributed by atoms with Crippen molar-refractivity contribution in [1.82, 2.24) is 4.90 Å². The minimum atomic E-state index is -0.254. The van der Waals surface area contributed by atoms with Crippen LogP contribution in [-0.2, 0) is 4.79 Å². The number of ether oxygens (including phenoxy) is 1. The number of rotatable bonds is 5. The first-order valence-electron chi connectivity index (χ1n) is 6.37. The van der Waals surface area contributed by atoms with Gasteiger partial charge in [0.1, 0.15) is 12.4 Å². The molecule has 0 spiro atoms. The number of nitriles is 1. The van der Waals surface area contributed by atoms with E-state index >= 15 is 0 Å². The van der Waals surface area contributed by atoms with Crippen molar-refractivity contribution in [1.29, 1.82) is 5.26 Å². The van der Waals surface area contributed by atoms with Gasteiger partial charge in [-0.15, -0.1) is 0 Å². The Kier molecular flexibility index (Phi) is 4.37. The van der Waals surface area contributed by atoms with E-state index in [0.717, 1.165) is 25.1 Å². The number of nitrogens with zero attached hydrogens (tertiary/aromatic N) is 2. The molecule has 2 N–H and O–H groups in total. The number of nitrogens with two attached hydrogens (primary N) is 1. The molecule has 0 bridgehead atoms. The van der Waals surface area contributed by atoms with Gasteiger partial charge in [-0.05, 0) is 43.7 Å². The summed E-state index contributed by atoms with van der Waals surface area (Å²) in [5, 5.41) is 8.69. The predicted molar refractivity (Wildman–Crippen MR) is 70.4 cm³/mol. The molecular weight excluding hydrogens is 242 g/mol. The molecule has 0 unspecified atom stereocenters. The van der Waals surface area contributed by atoms with E-state index in [1.807, 2.05) is 0 Å². The van der Waals surface area contributed by atoms with Gasteiger partial charge in [0.25, 0.3) is 0 Å². The van der Waals surface area contributed by atoms with Crippen molar-refractivity contribution in [2.45, 2.75) is 18.9 Å². The lowest BCUT2D eigenvalue weighted by atomic mass is 10.2. The van der Waals surface area contributed by atoms with Crippen LogP contribution in [0.25, 0.3) is 0 Å². The first-order valence-corrected chi connectivity index (χ1v) is 6.37. The third-order valence-electron chi connectivity index (χ3n) is 3.32. The van der Waals surface area contributed by atoms with E-state index in [1.165, 1.54) is 0 Å². The summed E-state index contributed by atoms with van der Waals surface area (Å²) in [6.45, 7) is 2.09. The number of primary amides is 1. The van der Waals surface area contributed by atoms with Crippen LogP contribution in [0.2, 0.25) is 0 Å². The highest BCUT2D eigenvalue weighted by atomic mass is 16.5. The lowest BCUT2D eigenvalue weighted by Gasteiger charge is -2.21. The van der Waals surface area contributed by atoms with E-state index in [4.69, 9.17) is 15.7 Å². The SMILES string of the molecule is N#Cc1ccc(OCCN2CCC[C@H]2C(N)=O)cc1. The Bertz CT molecular complexity index is 478. The normalized spacial score (nSPS) is 19.0. The maximum absolute atomic E-state index is 11.2.